The van der Waals surface area contributed by atoms with E-state index in [-0.39, 0.29) is 23.4 Å². The molecule has 2 amide bonds. The number of benzene rings is 2. The minimum Gasteiger partial charge on any atom is -0.425 e. The lowest BCUT2D eigenvalue weighted by molar-refractivity contribution is -0.187. The molecule has 0 aliphatic carbocycles. The lowest BCUT2D eigenvalue weighted by Crippen LogP contribution is -2.40. The zero-order chi connectivity index (χ0) is 20.0. The Morgan fingerprint density at radius 2 is 1.64 bits per heavy atom. The van der Waals surface area contributed by atoms with Gasteiger partial charge in [0.1, 0.15) is 5.75 Å². The van der Waals surface area contributed by atoms with E-state index in [0.717, 1.165) is 12.8 Å². The molecule has 148 valence electrons. The van der Waals surface area contributed by atoms with E-state index in [1.54, 1.807) is 6.07 Å². The van der Waals surface area contributed by atoms with Crippen LogP contribution in [0.25, 0.3) is 0 Å². The Kier molecular flexibility index (Phi) is 6.20. The zero-order valence-electron chi connectivity index (χ0n) is 15.0. The highest BCUT2D eigenvalue weighted by atomic mass is 19.3. The Balaban J connectivity index is 1.57. The highest BCUT2D eigenvalue weighted by molar-refractivity contribution is 5.97. The largest absolute Gasteiger partial charge is 0.482 e. The van der Waals surface area contributed by atoms with Crippen molar-refractivity contribution >= 4 is 17.5 Å². The van der Waals surface area contributed by atoms with Crippen molar-refractivity contribution in [1.29, 1.82) is 0 Å². The molecule has 1 saturated heterocycles. The molecule has 0 unspecified atom stereocenters. The van der Waals surface area contributed by atoms with Gasteiger partial charge in [-0.3, -0.25) is 9.59 Å². The van der Waals surface area contributed by atoms with Crippen LogP contribution in [0, 0.1) is 0 Å². The van der Waals surface area contributed by atoms with Crippen molar-refractivity contribution in [3.63, 3.8) is 0 Å². The summed E-state index contributed by atoms with van der Waals surface area (Å²) in [7, 11) is 0. The molecule has 2 aromatic carbocycles. The molecule has 1 fully saturated rings. The highest BCUT2D eigenvalue weighted by Gasteiger charge is 2.42. The molecule has 3 rings (SSSR count). The Labute approximate surface area is 160 Å². The lowest BCUT2D eigenvalue weighted by Gasteiger charge is -2.23. The standard InChI is InChI=1S/C20H20F2N2O4/c21-20(22,28-17-4-2-1-3-5-17)19(26)24-15-8-6-14(7-9-15)18(25)23-16-10-12-27-13-11-16/h1-9,16H,10-13H2,(H,23,25)(H,24,26). The Bertz CT molecular complexity index is 807. The fraction of sp³-hybridized carbons (Fsp3) is 0.300. The summed E-state index contributed by atoms with van der Waals surface area (Å²) in [6.45, 7) is 1.21. The molecule has 2 aromatic rings. The van der Waals surface area contributed by atoms with Gasteiger partial charge in [0.25, 0.3) is 5.91 Å². The molecule has 0 radical (unpaired) electrons. The molecule has 0 spiro atoms. The van der Waals surface area contributed by atoms with E-state index in [9.17, 15) is 18.4 Å². The van der Waals surface area contributed by atoms with Gasteiger partial charge in [-0.25, -0.2) is 0 Å². The molecule has 6 nitrogen and oxygen atoms in total. The van der Waals surface area contributed by atoms with Crippen LogP contribution in [0.15, 0.2) is 54.6 Å². The Hall–Kier alpha value is -3.00. The lowest BCUT2D eigenvalue weighted by atomic mass is 10.1. The number of hydrogen-bond donors (Lipinski definition) is 2. The second kappa shape index (κ2) is 8.79. The molecule has 1 heterocycles. The van der Waals surface area contributed by atoms with Crippen LogP contribution in [0.4, 0.5) is 14.5 Å². The van der Waals surface area contributed by atoms with Crippen LogP contribution in [0.2, 0.25) is 0 Å². The van der Waals surface area contributed by atoms with Crippen molar-refractivity contribution in [1.82, 2.24) is 5.32 Å². The third-order valence-corrected chi connectivity index (χ3v) is 4.22. The van der Waals surface area contributed by atoms with Crippen LogP contribution in [0.3, 0.4) is 0 Å². The van der Waals surface area contributed by atoms with Crippen LogP contribution in [0.1, 0.15) is 23.2 Å². The number of ether oxygens (including phenoxy) is 2. The van der Waals surface area contributed by atoms with Gasteiger partial charge in [0.2, 0.25) is 0 Å². The molecule has 28 heavy (non-hydrogen) atoms. The van der Waals surface area contributed by atoms with Gasteiger partial charge in [0.05, 0.1) is 0 Å². The first-order valence-electron chi connectivity index (χ1n) is 8.86. The fourth-order valence-electron chi connectivity index (χ4n) is 2.70. The van der Waals surface area contributed by atoms with Crippen molar-refractivity contribution < 1.29 is 27.8 Å². The quantitative estimate of drug-likeness (QED) is 0.794. The molecule has 0 bridgehead atoms. The van der Waals surface area contributed by atoms with Gasteiger partial charge in [-0.2, -0.15) is 8.78 Å². The van der Waals surface area contributed by atoms with Gasteiger partial charge in [-0.15, -0.1) is 0 Å². The van der Waals surface area contributed by atoms with Gasteiger partial charge in [-0.1, -0.05) is 18.2 Å². The number of alkyl halides is 2. The predicted molar refractivity (Wildman–Crippen MR) is 98.4 cm³/mol. The molecule has 2 N–H and O–H groups in total. The van der Waals surface area contributed by atoms with Crippen LogP contribution < -0.4 is 15.4 Å². The van der Waals surface area contributed by atoms with Gasteiger partial charge >= 0.3 is 12.0 Å². The first-order chi connectivity index (χ1) is 13.4. The molecule has 1 aliphatic heterocycles. The van der Waals surface area contributed by atoms with Crippen LogP contribution in [-0.2, 0) is 9.53 Å². The molecule has 0 atom stereocenters. The maximum Gasteiger partial charge on any atom is 0.482 e. The van der Waals surface area contributed by atoms with E-state index in [2.05, 4.69) is 15.4 Å². The van der Waals surface area contributed by atoms with E-state index in [1.165, 1.54) is 48.5 Å². The second-order valence-electron chi connectivity index (χ2n) is 6.32. The molecule has 0 saturated carbocycles. The SMILES string of the molecule is O=C(NC1CCOCC1)c1ccc(NC(=O)C(F)(F)Oc2ccccc2)cc1. The number of para-hydroxylation sites is 1. The summed E-state index contributed by atoms with van der Waals surface area (Å²) in [5, 5.41) is 4.99. The number of carbonyl (C=O) groups is 2. The Morgan fingerprint density at radius 1 is 1.00 bits per heavy atom. The number of halogens is 2. The number of carbonyl (C=O) groups excluding carboxylic acids is 2. The van der Waals surface area contributed by atoms with Crippen LogP contribution in [-0.4, -0.2) is 37.2 Å². The average Bonchev–Trinajstić information content (AvgIpc) is 2.69. The summed E-state index contributed by atoms with van der Waals surface area (Å²) in [5.41, 5.74) is 0.501. The summed E-state index contributed by atoms with van der Waals surface area (Å²) in [6, 6.07) is 13.1. The predicted octanol–water partition coefficient (Wildman–Crippen LogP) is 3.21. The maximum absolute atomic E-state index is 13.9. The van der Waals surface area contributed by atoms with E-state index in [0.29, 0.717) is 18.8 Å². The van der Waals surface area contributed by atoms with Crippen molar-refractivity contribution in [2.45, 2.75) is 25.0 Å². The molecular formula is C20H20F2N2O4. The van der Waals surface area contributed by atoms with Crippen molar-refractivity contribution in [3.05, 3.63) is 60.2 Å². The number of rotatable bonds is 6. The second-order valence-corrected chi connectivity index (χ2v) is 6.32. The fourth-order valence-corrected chi connectivity index (χ4v) is 2.70. The minimum absolute atomic E-state index is 0.0504. The number of nitrogens with one attached hydrogen (secondary N) is 2. The number of amides is 2. The average molecular weight is 390 g/mol. The summed E-state index contributed by atoms with van der Waals surface area (Å²) < 4.78 is 37.6. The molecule has 0 aromatic heterocycles. The van der Waals surface area contributed by atoms with Crippen LogP contribution >= 0.6 is 0 Å². The molecule has 8 heteroatoms. The zero-order valence-corrected chi connectivity index (χ0v) is 15.0. The molecular weight excluding hydrogens is 370 g/mol. The normalized spacial score (nSPS) is 14.9. The van der Waals surface area contributed by atoms with Crippen molar-refractivity contribution in [2.75, 3.05) is 18.5 Å². The van der Waals surface area contributed by atoms with E-state index in [1.807, 2.05) is 0 Å². The monoisotopic (exact) mass is 390 g/mol. The topological polar surface area (TPSA) is 76.7 Å². The first kappa shape index (κ1) is 19.8. The van der Waals surface area contributed by atoms with Crippen LogP contribution in [0.5, 0.6) is 5.75 Å². The highest BCUT2D eigenvalue weighted by Crippen LogP contribution is 2.23. The van der Waals surface area contributed by atoms with Gasteiger partial charge in [0, 0.05) is 30.5 Å². The summed E-state index contributed by atoms with van der Waals surface area (Å²) >= 11 is 0. The smallest absolute Gasteiger partial charge is 0.425 e. The maximum atomic E-state index is 13.9. The Morgan fingerprint density at radius 3 is 2.29 bits per heavy atom. The van der Waals surface area contributed by atoms with E-state index < -0.39 is 12.0 Å². The van der Waals surface area contributed by atoms with Crippen molar-refractivity contribution in [2.24, 2.45) is 0 Å². The summed E-state index contributed by atoms with van der Waals surface area (Å²) in [4.78, 5) is 24.1. The first-order valence-corrected chi connectivity index (χ1v) is 8.86. The van der Waals surface area contributed by atoms with Gasteiger partial charge in [0.15, 0.2) is 0 Å². The minimum atomic E-state index is -4.04. The number of anilines is 1. The molecule has 1 aliphatic rings. The number of hydrogen-bond acceptors (Lipinski definition) is 4. The van der Waals surface area contributed by atoms with Gasteiger partial charge in [-0.05, 0) is 49.2 Å². The summed E-state index contributed by atoms with van der Waals surface area (Å²) in [5.74, 6) is -1.99. The third kappa shape index (κ3) is 5.26. The van der Waals surface area contributed by atoms with Gasteiger partial charge < -0.3 is 20.1 Å². The van der Waals surface area contributed by atoms with Crippen molar-refractivity contribution in [3.8, 4) is 5.75 Å². The summed E-state index contributed by atoms with van der Waals surface area (Å²) in [6.07, 6.45) is -2.55. The van der Waals surface area contributed by atoms with E-state index >= 15 is 0 Å². The van der Waals surface area contributed by atoms with E-state index in [4.69, 9.17) is 4.74 Å². The third-order valence-electron chi connectivity index (χ3n) is 4.22.